The second-order valence-electron chi connectivity index (χ2n) is 5.78. The number of aromatic amines is 1. The van der Waals surface area contributed by atoms with Crippen LogP contribution in [0.25, 0.3) is 10.9 Å². The molecule has 1 aromatic heterocycles. The predicted octanol–water partition coefficient (Wildman–Crippen LogP) is 1.96. The zero-order chi connectivity index (χ0) is 18.7. The molecule has 0 radical (unpaired) electrons. The molecule has 1 amide bonds. The summed E-state index contributed by atoms with van der Waals surface area (Å²) >= 11 is 5.79. The van der Waals surface area contributed by atoms with E-state index in [0.717, 1.165) is 5.39 Å². The summed E-state index contributed by atoms with van der Waals surface area (Å²) in [5.74, 6) is -1.71. The van der Waals surface area contributed by atoms with Crippen LogP contribution in [0.5, 0.6) is 0 Å². The Morgan fingerprint density at radius 1 is 1.11 bits per heavy atom. The topological polar surface area (TPSA) is 99.3 Å². The molecule has 0 bridgehead atoms. The van der Waals surface area contributed by atoms with Crippen molar-refractivity contribution in [2.45, 2.75) is 12.5 Å². The van der Waals surface area contributed by atoms with E-state index in [1.807, 2.05) is 0 Å². The molecule has 0 aliphatic rings. The number of hydrogen-bond acceptors (Lipinski definition) is 3. The van der Waals surface area contributed by atoms with Crippen molar-refractivity contribution in [1.82, 2.24) is 10.3 Å². The van der Waals surface area contributed by atoms with E-state index in [0.29, 0.717) is 21.7 Å². The normalized spacial score (nSPS) is 11.4. The number of carboxylic acid groups (broad SMARTS) is 1. The molecule has 0 aliphatic heterocycles. The van der Waals surface area contributed by atoms with Crippen LogP contribution in [0, 0.1) is 0 Å². The third-order valence-electron chi connectivity index (χ3n) is 3.97. The first-order valence-corrected chi connectivity index (χ1v) is 8.22. The first-order valence-electron chi connectivity index (χ1n) is 7.84. The SMILES string of the molecule is O=C(NC(Cc1cc(=O)[nH]c2ccccc12)C(=O)O)c1ccc(Cl)cc1.[NaH]. The number of pyridine rings is 1. The maximum atomic E-state index is 12.3. The Kier molecular flexibility index (Phi) is 7.21. The van der Waals surface area contributed by atoms with Gasteiger partial charge in [0.05, 0.1) is 0 Å². The molecule has 0 fully saturated rings. The van der Waals surface area contributed by atoms with Crippen LogP contribution in [0.4, 0.5) is 0 Å². The minimum atomic E-state index is -1.18. The first-order chi connectivity index (χ1) is 12.4. The van der Waals surface area contributed by atoms with Crippen molar-refractivity contribution >= 4 is 63.9 Å². The van der Waals surface area contributed by atoms with Gasteiger partial charge in [0.15, 0.2) is 0 Å². The molecule has 3 aromatic rings. The summed E-state index contributed by atoms with van der Waals surface area (Å²) in [5, 5.41) is 13.2. The number of carboxylic acids is 1. The van der Waals surface area contributed by atoms with Gasteiger partial charge in [-0.25, -0.2) is 4.79 Å². The molecule has 0 saturated carbocycles. The number of aromatic nitrogens is 1. The molecule has 8 heteroatoms. The molecule has 0 spiro atoms. The summed E-state index contributed by atoms with van der Waals surface area (Å²) in [7, 11) is 0. The van der Waals surface area contributed by atoms with Gasteiger partial charge in [0, 0.05) is 34.0 Å². The van der Waals surface area contributed by atoms with Gasteiger partial charge in [-0.3, -0.25) is 9.59 Å². The minimum absolute atomic E-state index is 0. The van der Waals surface area contributed by atoms with Crippen LogP contribution in [0.1, 0.15) is 15.9 Å². The standard InChI is InChI=1S/C19H15ClN2O4.Na.H/c20-13-7-5-11(6-8-13)18(24)22-16(19(25)26)9-12-10-17(23)21-15-4-2-1-3-14(12)15;;/h1-8,10,16H,9H2,(H,21,23)(H,22,24)(H,25,26);;. The van der Waals surface area contributed by atoms with E-state index in [9.17, 15) is 19.5 Å². The van der Waals surface area contributed by atoms with Gasteiger partial charge in [-0.1, -0.05) is 29.8 Å². The third kappa shape index (κ3) is 5.20. The fourth-order valence-corrected chi connectivity index (χ4v) is 2.83. The Bertz CT molecular complexity index is 1030. The monoisotopic (exact) mass is 394 g/mol. The van der Waals surface area contributed by atoms with Gasteiger partial charge < -0.3 is 15.4 Å². The van der Waals surface area contributed by atoms with Gasteiger partial charge in [0.25, 0.3) is 5.91 Å². The molecular formula is C19H16ClN2NaO4. The Labute approximate surface area is 181 Å². The van der Waals surface area contributed by atoms with Crippen molar-refractivity contribution < 1.29 is 14.7 Å². The summed E-state index contributed by atoms with van der Waals surface area (Å²) < 4.78 is 0. The van der Waals surface area contributed by atoms with Gasteiger partial charge in [0.2, 0.25) is 5.56 Å². The van der Waals surface area contributed by atoms with Crippen LogP contribution in [0.3, 0.4) is 0 Å². The summed E-state index contributed by atoms with van der Waals surface area (Å²) in [4.78, 5) is 38.5. The van der Waals surface area contributed by atoms with E-state index in [-0.39, 0.29) is 41.5 Å². The Morgan fingerprint density at radius 3 is 2.44 bits per heavy atom. The number of hydrogen-bond donors (Lipinski definition) is 3. The van der Waals surface area contributed by atoms with E-state index in [4.69, 9.17) is 11.6 Å². The maximum absolute atomic E-state index is 12.3. The van der Waals surface area contributed by atoms with Gasteiger partial charge in [-0.15, -0.1) is 0 Å². The Balaban J connectivity index is 0.00000261. The Morgan fingerprint density at radius 2 is 1.78 bits per heavy atom. The number of aliphatic carboxylic acids is 1. The van der Waals surface area contributed by atoms with E-state index in [1.54, 1.807) is 36.4 Å². The average molecular weight is 395 g/mol. The number of H-pyrrole nitrogens is 1. The number of amides is 1. The van der Waals surface area contributed by atoms with Crippen LogP contribution in [-0.2, 0) is 11.2 Å². The van der Waals surface area contributed by atoms with Crippen molar-refractivity contribution in [1.29, 1.82) is 0 Å². The molecule has 3 N–H and O–H groups in total. The average Bonchev–Trinajstić information content (AvgIpc) is 2.61. The number of carbonyl (C=O) groups is 2. The molecule has 27 heavy (non-hydrogen) atoms. The fraction of sp³-hybridized carbons (Fsp3) is 0.105. The number of rotatable bonds is 5. The van der Waals surface area contributed by atoms with Crippen LogP contribution < -0.4 is 10.9 Å². The molecule has 0 saturated heterocycles. The van der Waals surface area contributed by atoms with E-state index >= 15 is 0 Å². The number of fused-ring (bicyclic) bond motifs is 1. The van der Waals surface area contributed by atoms with Gasteiger partial charge in [-0.2, -0.15) is 0 Å². The van der Waals surface area contributed by atoms with E-state index in [2.05, 4.69) is 10.3 Å². The van der Waals surface area contributed by atoms with Crippen LogP contribution in [0.2, 0.25) is 5.02 Å². The van der Waals surface area contributed by atoms with Crippen molar-refractivity contribution in [3.05, 3.63) is 81.1 Å². The number of benzene rings is 2. The molecule has 0 aliphatic carbocycles. The zero-order valence-electron chi connectivity index (χ0n) is 13.5. The van der Waals surface area contributed by atoms with Gasteiger partial charge >= 0.3 is 35.5 Å². The van der Waals surface area contributed by atoms with Crippen molar-refractivity contribution in [2.24, 2.45) is 0 Å². The second-order valence-corrected chi connectivity index (χ2v) is 6.22. The van der Waals surface area contributed by atoms with Crippen molar-refractivity contribution in [3.63, 3.8) is 0 Å². The second kappa shape index (κ2) is 9.19. The molecule has 6 nitrogen and oxygen atoms in total. The molecular weight excluding hydrogens is 379 g/mol. The third-order valence-corrected chi connectivity index (χ3v) is 4.22. The molecule has 3 rings (SSSR count). The molecule has 1 unspecified atom stereocenters. The van der Waals surface area contributed by atoms with Crippen molar-refractivity contribution in [2.75, 3.05) is 0 Å². The van der Waals surface area contributed by atoms with Crippen LogP contribution in [-0.4, -0.2) is 57.6 Å². The molecule has 1 atom stereocenters. The number of carbonyl (C=O) groups excluding carboxylic acids is 1. The first kappa shape index (κ1) is 21.2. The number of nitrogens with one attached hydrogen (secondary N) is 2. The van der Waals surface area contributed by atoms with E-state index < -0.39 is 17.9 Å². The van der Waals surface area contributed by atoms with Crippen molar-refractivity contribution in [3.8, 4) is 0 Å². The summed E-state index contributed by atoms with van der Waals surface area (Å²) in [6.07, 6.45) is -0.0148. The fourth-order valence-electron chi connectivity index (χ4n) is 2.71. The molecule has 134 valence electrons. The zero-order valence-corrected chi connectivity index (χ0v) is 14.3. The van der Waals surface area contributed by atoms with E-state index in [1.165, 1.54) is 18.2 Å². The van der Waals surface area contributed by atoms with Crippen LogP contribution >= 0.6 is 11.6 Å². The molecule has 1 heterocycles. The predicted molar refractivity (Wildman–Crippen MR) is 106 cm³/mol. The number of halogens is 1. The summed E-state index contributed by atoms with van der Waals surface area (Å²) in [5.41, 5.74) is 1.14. The summed E-state index contributed by atoms with van der Waals surface area (Å²) in [6.45, 7) is 0. The van der Waals surface area contributed by atoms with Gasteiger partial charge in [-0.05, 0) is 35.9 Å². The van der Waals surface area contributed by atoms with Gasteiger partial charge in [0.1, 0.15) is 6.04 Å². The Hall–Kier alpha value is -2.12. The molecule has 2 aromatic carbocycles. The summed E-state index contributed by atoms with van der Waals surface area (Å²) in [6, 6.07) is 13.4. The quantitative estimate of drug-likeness (QED) is 0.576. The van der Waals surface area contributed by atoms with Crippen LogP contribution in [0.15, 0.2) is 59.4 Å². The number of para-hydroxylation sites is 1.